The first kappa shape index (κ1) is 18.8. The second-order valence-electron chi connectivity index (χ2n) is 6.35. The summed E-state index contributed by atoms with van der Waals surface area (Å²) < 4.78 is 1.70. The fourth-order valence-corrected chi connectivity index (χ4v) is 3.37. The number of nitrogen functional groups attached to an aromatic ring is 1. The summed E-state index contributed by atoms with van der Waals surface area (Å²) in [4.78, 5) is 12.8. The number of aryl methyl sites for hydroxylation is 2. The van der Waals surface area contributed by atoms with Crippen LogP contribution in [0.15, 0.2) is 53.7 Å². The molecule has 0 radical (unpaired) electrons. The fraction of sp³-hybridized carbons (Fsp3) is 0.158. The predicted molar refractivity (Wildman–Crippen MR) is 112 cm³/mol. The van der Waals surface area contributed by atoms with Crippen LogP contribution in [0.1, 0.15) is 17.0 Å². The molecule has 0 aliphatic carbocycles. The molecule has 0 saturated carbocycles. The molecule has 2 aromatic heterocycles. The van der Waals surface area contributed by atoms with Crippen molar-refractivity contribution in [1.29, 1.82) is 0 Å². The zero-order valence-electron chi connectivity index (χ0n) is 15.9. The average Bonchev–Trinajstić information content (AvgIpc) is 3.17. The Bertz CT molecular complexity index is 1130. The Balaban J connectivity index is 1.51. The third kappa shape index (κ3) is 4.49. The van der Waals surface area contributed by atoms with Gasteiger partial charge < -0.3 is 11.1 Å². The van der Waals surface area contributed by atoms with E-state index in [0.29, 0.717) is 22.7 Å². The smallest absolute Gasteiger partial charge is 0.232 e. The van der Waals surface area contributed by atoms with Gasteiger partial charge in [0, 0.05) is 5.69 Å². The van der Waals surface area contributed by atoms with Gasteiger partial charge in [0.1, 0.15) is 5.82 Å². The van der Waals surface area contributed by atoms with Crippen molar-refractivity contribution in [2.75, 3.05) is 11.1 Å². The molecule has 2 aromatic carbocycles. The molecule has 0 bridgehead atoms. The van der Waals surface area contributed by atoms with E-state index in [0.717, 1.165) is 11.4 Å². The zero-order chi connectivity index (χ0) is 20.2. The van der Waals surface area contributed by atoms with Crippen LogP contribution in [0.3, 0.4) is 0 Å². The molecule has 4 aromatic rings. The summed E-state index contributed by atoms with van der Waals surface area (Å²) in [5.74, 6) is 1.54. The predicted octanol–water partition coefficient (Wildman–Crippen LogP) is 3.08. The molecule has 0 aliphatic rings. The number of nitrogens with two attached hydrogens (primary N) is 1. The maximum Gasteiger partial charge on any atom is 0.232 e. The molecule has 29 heavy (non-hydrogen) atoms. The SMILES string of the molecule is Cc1ccc(-n2nnnc2SCc2nc(N)nc(Nc3ccccc3)n2)cc1C. The van der Waals surface area contributed by atoms with E-state index >= 15 is 0 Å². The molecule has 146 valence electrons. The van der Waals surface area contributed by atoms with Gasteiger partial charge in [-0.3, -0.25) is 0 Å². The normalized spacial score (nSPS) is 10.8. The minimum atomic E-state index is 0.155. The summed E-state index contributed by atoms with van der Waals surface area (Å²) in [6.45, 7) is 4.13. The number of thioether (sulfide) groups is 1. The second-order valence-corrected chi connectivity index (χ2v) is 7.30. The first-order chi connectivity index (χ1) is 14.1. The quantitative estimate of drug-likeness (QED) is 0.466. The zero-order valence-corrected chi connectivity index (χ0v) is 16.8. The number of nitrogens with zero attached hydrogens (tertiary/aromatic N) is 7. The van der Waals surface area contributed by atoms with Crippen LogP contribution in [0.2, 0.25) is 0 Å². The number of anilines is 3. The van der Waals surface area contributed by atoms with E-state index in [1.807, 2.05) is 36.4 Å². The number of tetrazole rings is 1. The number of aromatic nitrogens is 7. The largest absolute Gasteiger partial charge is 0.368 e. The lowest BCUT2D eigenvalue weighted by Crippen LogP contribution is -2.07. The Kier molecular flexibility index (Phi) is 5.34. The van der Waals surface area contributed by atoms with Gasteiger partial charge in [-0.05, 0) is 59.7 Å². The Morgan fingerprint density at radius 2 is 1.83 bits per heavy atom. The van der Waals surface area contributed by atoms with Gasteiger partial charge in [0.2, 0.25) is 17.1 Å². The number of hydrogen-bond donors (Lipinski definition) is 2. The van der Waals surface area contributed by atoms with E-state index in [9.17, 15) is 0 Å². The standard InChI is InChI=1S/C19H19N9S/c1-12-8-9-15(10-13(12)2)28-19(25-26-27-28)29-11-16-22-17(20)24-18(23-16)21-14-6-4-3-5-7-14/h3-10H,11H2,1-2H3,(H3,20,21,22,23,24). The van der Waals surface area contributed by atoms with Gasteiger partial charge in [-0.2, -0.15) is 19.6 Å². The summed E-state index contributed by atoms with van der Waals surface area (Å²) in [6.07, 6.45) is 0. The number of nitrogens with one attached hydrogen (secondary N) is 1. The van der Waals surface area contributed by atoms with E-state index in [1.165, 1.54) is 22.9 Å². The second kappa shape index (κ2) is 8.23. The molecule has 0 unspecified atom stereocenters. The number of hydrogen-bond acceptors (Lipinski definition) is 9. The van der Waals surface area contributed by atoms with Crippen molar-refractivity contribution in [2.45, 2.75) is 24.8 Å². The molecular formula is C19H19N9S. The number of benzene rings is 2. The lowest BCUT2D eigenvalue weighted by atomic mass is 10.1. The molecule has 0 aliphatic heterocycles. The topological polar surface area (TPSA) is 120 Å². The Hall–Kier alpha value is -3.53. The molecule has 10 heteroatoms. The molecule has 0 spiro atoms. The summed E-state index contributed by atoms with van der Waals surface area (Å²) in [5, 5.41) is 15.8. The molecule has 2 heterocycles. The lowest BCUT2D eigenvalue weighted by Gasteiger charge is -2.08. The average molecular weight is 405 g/mol. The maximum absolute atomic E-state index is 5.86. The van der Waals surface area contributed by atoms with E-state index in [4.69, 9.17) is 5.73 Å². The highest BCUT2D eigenvalue weighted by Crippen LogP contribution is 2.23. The summed E-state index contributed by atoms with van der Waals surface area (Å²) >= 11 is 1.43. The van der Waals surface area contributed by atoms with Crippen LogP contribution < -0.4 is 11.1 Å². The van der Waals surface area contributed by atoms with Crippen molar-refractivity contribution in [2.24, 2.45) is 0 Å². The van der Waals surface area contributed by atoms with Crippen LogP contribution >= 0.6 is 11.8 Å². The molecule has 0 saturated heterocycles. The van der Waals surface area contributed by atoms with Crippen molar-refractivity contribution in [1.82, 2.24) is 35.2 Å². The Morgan fingerprint density at radius 3 is 2.62 bits per heavy atom. The highest BCUT2D eigenvalue weighted by Gasteiger charge is 2.12. The van der Waals surface area contributed by atoms with Crippen LogP contribution in [0.4, 0.5) is 17.6 Å². The minimum Gasteiger partial charge on any atom is -0.368 e. The molecule has 4 rings (SSSR count). The van der Waals surface area contributed by atoms with Crippen LogP contribution in [0.25, 0.3) is 5.69 Å². The van der Waals surface area contributed by atoms with Gasteiger partial charge >= 0.3 is 0 Å². The highest BCUT2D eigenvalue weighted by molar-refractivity contribution is 7.98. The number of rotatable bonds is 6. The van der Waals surface area contributed by atoms with Gasteiger partial charge in [-0.15, -0.1) is 5.10 Å². The van der Waals surface area contributed by atoms with Gasteiger partial charge in [0.15, 0.2) is 0 Å². The lowest BCUT2D eigenvalue weighted by molar-refractivity contribution is 0.755. The first-order valence-electron chi connectivity index (χ1n) is 8.90. The van der Waals surface area contributed by atoms with Crippen LogP contribution in [0, 0.1) is 13.8 Å². The maximum atomic E-state index is 5.86. The van der Waals surface area contributed by atoms with Gasteiger partial charge in [-0.25, -0.2) is 0 Å². The molecule has 0 amide bonds. The fourth-order valence-electron chi connectivity index (χ4n) is 2.63. The van der Waals surface area contributed by atoms with E-state index in [1.54, 1.807) is 4.68 Å². The molecule has 0 atom stereocenters. The van der Waals surface area contributed by atoms with E-state index in [-0.39, 0.29) is 5.95 Å². The third-order valence-electron chi connectivity index (χ3n) is 4.24. The van der Waals surface area contributed by atoms with Crippen LogP contribution in [-0.2, 0) is 5.75 Å². The summed E-state index contributed by atoms with van der Waals surface area (Å²) in [5.41, 5.74) is 10.0. The van der Waals surface area contributed by atoms with Crippen LogP contribution in [-0.4, -0.2) is 35.2 Å². The minimum absolute atomic E-state index is 0.155. The third-order valence-corrected chi connectivity index (χ3v) is 5.15. The van der Waals surface area contributed by atoms with Crippen molar-refractivity contribution < 1.29 is 0 Å². The van der Waals surface area contributed by atoms with E-state index < -0.39 is 0 Å². The van der Waals surface area contributed by atoms with Crippen molar-refractivity contribution in [3.63, 3.8) is 0 Å². The van der Waals surface area contributed by atoms with E-state index in [2.05, 4.69) is 61.8 Å². The van der Waals surface area contributed by atoms with Crippen molar-refractivity contribution in [3.8, 4) is 5.69 Å². The monoisotopic (exact) mass is 405 g/mol. The first-order valence-corrected chi connectivity index (χ1v) is 9.88. The Labute approximate surface area is 171 Å². The van der Waals surface area contributed by atoms with Crippen molar-refractivity contribution >= 4 is 29.3 Å². The molecule has 9 nitrogen and oxygen atoms in total. The summed E-state index contributed by atoms with van der Waals surface area (Å²) in [6, 6.07) is 15.7. The molecule has 0 fully saturated rings. The summed E-state index contributed by atoms with van der Waals surface area (Å²) in [7, 11) is 0. The highest BCUT2D eigenvalue weighted by atomic mass is 32.2. The van der Waals surface area contributed by atoms with Gasteiger partial charge in [0.25, 0.3) is 0 Å². The molecular weight excluding hydrogens is 386 g/mol. The Morgan fingerprint density at radius 1 is 1.00 bits per heavy atom. The number of para-hydroxylation sites is 1. The van der Waals surface area contributed by atoms with Gasteiger partial charge in [0.05, 0.1) is 11.4 Å². The molecule has 3 N–H and O–H groups in total. The van der Waals surface area contributed by atoms with Crippen molar-refractivity contribution in [3.05, 3.63) is 65.5 Å². The van der Waals surface area contributed by atoms with Gasteiger partial charge in [-0.1, -0.05) is 36.0 Å². The van der Waals surface area contributed by atoms with Crippen LogP contribution in [0.5, 0.6) is 0 Å².